The van der Waals surface area contributed by atoms with Crippen LogP contribution in [0.25, 0.3) is 0 Å². The molecule has 0 radical (unpaired) electrons. The Balaban J connectivity index is 2.86. The van der Waals surface area contributed by atoms with E-state index in [0.717, 1.165) is 0 Å². The molecule has 6 heteroatoms. The van der Waals surface area contributed by atoms with Crippen molar-refractivity contribution in [2.45, 2.75) is 6.42 Å². The Hall–Kier alpha value is -1.82. The van der Waals surface area contributed by atoms with Crippen molar-refractivity contribution in [1.29, 1.82) is 0 Å². The second-order valence-corrected chi connectivity index (χ2v) is 4.03. The van der Waals surface area contributed by atoms with Gasteiger partial charge in [0.15, 0.2) is 0 Å². The van der Waals surface area contributed by atoms with Crippen molar-refractivity contribution in [3.05, 3.63) is 23.8 Å². The fourth-order valence-electron chi connectivity index (χ4n) is 1.46. The number of methoxy groups -OCH3 is 2. The summed E-state index contributed by atoms with van der Waals surface area (Å²) < 4.78 is 10.3. The number of carbonyl (C=O) groups excluding carboxylic acids is 1. The molecule has 0 aliphatic rings. The van der Waals surface area contributed by atoms with Crippen LogP contribution in [0.4, 0.5) is 0 Å². The van der Waals surface area contributed by atoms with Gasteiger partial charge in [-0.05, 0) is 12.1 Å². The Morgan fingerprint density at radius 1 is 1.33 bits per heavy atom. The Morgan fingerprint density at radius 2 is 1.89 bits per heavy atom. The van der Waals surface area contributed by atoms with Gasteiger partial charge in [-0.15, -0.1) is 0 Å². The molecule has 0 saturated carbocycles. The second kappa shape index (κ2) is 6.80. The summed E-state index contributed by atoms with van der Waals surface area (Å²) in [5.41, 5.74) is 5.73. The number of amides is 1. The van der Waals surface area contributed by atoms with Crippen LogP contribution in [-0.4, -0.2) is 31.7 Å². The first kappa shape index (κ1) is 14.2. The average Bonchev–Trinajstić information content (AvgIpc) is 2.36. The lowest BCUT2D eigenvalue weighted by Gasteiger charge is -2.12. The highest BCUT2D eigenvalue weighted by Gasteiger charge is 2.17. The third kappa shape index (κ3) is 3.59. The summed E-state index contributed by atoms with van der Waals surface area (Å²) in [4.78, 5) is 12.4. The first-order valence-electron chi connectivity index (χ1n) is 5.37. The Bertz CT molecular complexity index is 427. The molecule has 0 aliphatic carbocycles. The lowest BCUT2D eigenvalue weighted by atomic mass is 10.1. The first-order valence-corrected chi connectivity index (χ1v) is 5.78. The zero-order valence-corrected chi connectivity index (χ0v) is 11.2. The van der Waals surface area contributed by atoms with E-state index in [1.807, 2.05) is 0 Å². The molecule has 1 rings (SSSR count). The van der Waals surface area contributed by atoms with Crippen molar-refractivity contribution < 1.29 is 14.3 Å². The number of carbonyl (C=O) groups is 1. The molecule has 5 nitrogen and oxygen atoms in total. The van der Waals surface area contributed by atoms with Crippen LogP contribution >= 0.6 is 12.2 Å². The lowest BCUT2D eigenvalue weighted by Crippen LogP contribution is -2.28. The van der Waals surface area contributed by atoms with Crippen molar-refractivity contribution in [3.63, 3.8) is 0 Å². The summed E-state index contributed by atoms with van der Waals surface area (Å²) in [7, 11) is 3.00. The summed E-state index contributed by atoms with van der Waals surface area (Å²) in [5.74, 6) is 0.643. The van der Waals surface area contributed by atoms with Crippen LogP contribution < -0.4 is 20.5 Å². The van der Waals surface area contributed by atoms with E-state index in [1.54, 1.807) is 18.2 Å². The van der Waals surface area contributed by atoms with E-state index in [9.17, 15) is 4.79 Å². The van der Waals surface area contributed by atoms with Gasteiger partial charge in [-0.3, -0.25) is 4.79 Å². The molecule has 1 aromatic carbocycles. The van der Waals surface area contributed by atoms with Crippen LogP contribution in [0.2, 0.25) is 0 Å². The van der Waals surface area contributed by atoms with Gasteiger partial charge < -0.3 is 20.5 Å². The van der Waals surface area contributed by atoms with E-state index < -0.39 is 0 Å². The van der Waals surface area contributed by atoms with Crippen LogP contribution in [0, 0.1) is 0 Å². The largest absolute Gasteiger partial charge is 0.496 e. The number of benzene rings is 1. The van der Waals surface area contributed by atoms with E-state index in [0.29, 0.717) is 35.0 Å². The molecule has 1 aromatic rings. The van der Waals surface area contributed by atoms with Gasteiger partial charge in [0, 0.05) is 13.0 Å². The van der Waals surface area contributed by atoms with E-state index in [4.69, 9.17) is 27.4 Å². The number of nitrogens with one attached hydrogen (secondary N) is 1. The number of rotatable bonds is 6. The molecule has 3 N–H and O–H groups in total. The molecule has 0 atom stereocenters. The van der Waals surface area contributed by atoms with Crippen molar-refractivity contribution in [2.75, 3.05) is 20.8 Å². The number of thiocarbonyl (C=S) groups is 1. The minimum atomic E-state index is -0.277. The Kier molecular flexibility index (Phi) is 5.38. The molecule has 1 amide bonds. The first-order chi connectivity index (χ1) is 8.60. The van der Waals surface area contributed by atoms with Gasteiger partial charge in [0.05, 0.1) is 19.2 Å². The minimum Gasteiger partial charge on any atom is -0.496 e. The molecule has 0 saturated heterocycles. The molecule has 98 valence electrons. The monoisotopic (exact) mass is 268 g/mol. The molecule has 18 heavy (non-hydrogen) atoms. The highest BCUT2D eigenvalue weighted by Crippen LogP contribution is 2.27. The van der Waals surface area contributed by atoms with E-state index in [-0.39, 0.29) is 5.91 Å². The standard InChI is InChI=1S/C12H16N2O3S/c1-16-8-4-3-5-9(17-2)11(8)12(15)14-7-6-10(13)18/h3-5H,6-7H2,1-2H3,(H2,13,18)(H,14,15). The van der Waals surface area contributed by atoms with Crippen LogP contribution in [0.1, 0.15) is 16.8 Å². The topological polar surface area (TPSA) is 73.6 Å². The maximum Gasteiger partial charge on any atom is 0.258 e. The van der Waals surface area contributed by atoms with Crippen LogP contribution in [0.15, 0.2) is 18.2 Å². The van der Waals surface area contributed by atoms with Gasteiger partial charge in [0.25, 0.3) is 5.91 Å². The molecule has 0 aliphatic heterocycles. The molecule has 0 fully saturated rings. The fourth-order valence-corrected chi connectivity index (χ4v) is 1.56. The highest BCUT2D eigenvalue weighted by molar-refractivity contribution is 7.80. The molecular weight excluding hydrogens is 252 g/mol. The summed E-state index contributed by atoms with van der Waals surface area (Å²) in [6, 6.07) is 5.15. The number of hydrogen-bond acceptors (Lipinski definition) is 4. The van der Waals surface area contributed by atoms with Gasteiger partial charge in [0.1, 0.15) is 17.1 Å². The molecule has 0 unspecified atom stereocenters. The normalized spacial score (nSPS) is 9.67. The summed E-state index contributed by atoms with van der Waals surface area (Å²) >= 11 is 4.74. The molecule has 0 bridgehead atoms. The van der Waals surface area contributed by atoms with Gasteiger partial charge >= 0.3 is 0 Å². The number of ether oxygens (including phenoxy) is 2. The van der Waals surface area contributed by atoms with E-state index in [1.165, 1.54) is 14.2 Å². The van der Waals surface area contributed by atoms with Gasteiger partial charge in [-0.2, -0.15) is 0 Å². The maximum atomic E-state index is 12.0. The number of nitrogens with two attached hydrogens (primary N) is 1. The maximum absolute atomic E-state index is 12.0. The lowest BCUT2D eigenvalue weighted by molar-refractivity contribution is 0.0948. The van der Waals surface area contributed by atoms with Gasteiger partial charge in [0.2, 0.25) is 0 Å². The predicted molar refractivity (Wildman–Crippen MR) is 73.3 cm³/mol. The summed E-state index contributed by atoms with van der Waals surface area (Å²) in [5, 5.41) is 2.71. The van der Waals surface area contributed by atoms with Crippen LogP contribution in [0.5, 0.6) is 11.5 Å². The quantitative estimate of drug-likeness (QED) is 0.756. The molecule has 0 spiro atoms. The highest BCUT2D eigenvalue weighted by atomic mass is 32.1. The third-order valence-electron chi connectivity index (χ3n) is 2.31. The fraction of sp³-hybridized carbons (Fsp3) is 0.333. The Labute approximate surface area is 111 Å². The van der Waals surface area contributed by atoms with Gasteiger partial charge in [-0.1, -0.05) is 18.3 Å². The van der Waals surface area contributed by atoms with Crippen LogP contribution in [0.3, 0.4) is 0 Å². The van der Waals surface area contributed by atoms with Crippen molar-refractivity contribution in [2.24, 2.45) is 5.73 Å². The van der Waals surface area contributed by atoms with E-state index in [2.05, 4.69) is 5.32 Å². The summed E-state index contributed by atoms with van der Waals surface area (Å²) in [6.45, 7) is 0.384. The van der Waals surface area contributed by atoms with Crippen LogP contribution in [-0.2, 0) is 0 Å². The van der Waals surface area contributed by atoms with Crippen molar-refractivity contribution in [1.82, 2.24) is 5.32 Å². The zero-order valence-electron chi connectivity index (χ0n) is 10.4. The molecular formula is C12H16N2O3S. The Morgan fingerprint density at radius 3 is 2.33 bits per heavy atom. The predicted octanol–water partition coefficient (Wildman–Crippen LogP) is 1.11. The smallest absolute Gasteiger partial charge is 0.258 e. The number of hydrogen-bond donors (Lipinski definition) is 2. The average molecular weight is 268 g/mol. The third-order valence-corrected chi connectivity index (χ3v) is 2.52. The SMILES string of the molecule is COc1cccc(OC)c1C(=O)NCCC(N)=S. The molecule has 0 heterocycles. The van der Waals surface area contributed by atoms with E-state index >= 15 is 0 Å². The van der Waals surface area contributed by atoms with Crippen molar-refractivity contribution >= 4 is 23.1 Å². The van der Waals surface area contributed by atoms with Crippen molar-refractivity contribution in [3.8, 4) is 11.5 Å². The van der Waals surface area contributed by atoms with Gasteiger partial charge in [-0.25, -0.2) is 0 Å². The minimum absolute atomic E-state index is 0.277. The zero-order chi connectivity index (χ0) is 13.5. The molecule has 0 aromatic heterocycles. The second-order valence-electron chi connectivity index (χ2n) is 3.51. The summed E-state index contributed by atoms with van der Waals surface area (Å²) in [6.07, 6.45) is 0.457.